The summed E-state index contributed by atoms with van der Waals surface area (Å²) in [7, 11) is 0. The number of hydrogen-bond donors (Lipinski definition) is 2. The fourth-order valence-electron chi connectivity index (χ4n) is 5.43. The van der Waals surface area contributed by atoms with Crippen molar-refractivity contribution in [2.45, 2.75) is 106 Å². The second-order valence-corrected chi connectivity index (χ2v) is 14.7. The van der Waals surface area contributed by atoms with Gasteiger partial charge in [-0.2, -0.15) is 0 Å². The molecule has 0 fully saturated rings. The predicted molar refractivity (Wildman–Crippen MR) is 165 cm³/mol. The fraction of sp³-hybridized carbons (Fsp3) is 0.500. The molecule has 0 saturated heterocycles. The maximum absolute atomic E-state index is 11.0. The normalized spacial score (nSPS) is 13.4. The van der Waals surface area contributed by atoms with E-state index >= 15 is 0 Å². The van der Waals surface area contributed by atoms with Gasteiger partial charge in [0.25, 0.3) is 0 Å². The highest BCUT2D eigenvalue weighted by atomic mass is 16.3. The molecule has 2 nitrogen and oxygen atoms in total. The van der Waals surface area contributed by atoms with Crippen LogP contribution in [0.3, 0.4) is 0 Å². The summed E-state index contributed by atoms with van der Waals surface area (Å²) in [4.78, 5) is 0. The van der Waals surface area contributed by atoms with Crippen molar-refractivity contribution >= 4 is 5.69 Å². The molecule has 2 N–H and O–H groups in total. The van der Waals surface area contributed by atoms with E-state index in [-0.39, 0.29) is 10.8 Å². The molecule has 0 heterocycles. The average molecular weight is 514 g/mol. The minimum Gasteiger partial charge on any atom is -0.507 e. The van der Waals surface area contributed by atoms with Gasteiger partial charge >= 0.3 is 0 Å². The number of phenols is 1. The van der Waals surface area contributed by atoms with Gasteiger partial charge in [-0.3, -0.25) is 0 Å². The minimum atomic E-state index is -0.120. The van der Waals surface area contributed by atoms with Crippen molar-refractivity contribution in [1.82, 2.24) is 0 Å². The lowest BCUT2D eigenvalue weighted by molar-refractivity contribution is 0.306. The largest absolute Gasteiger partial charge is 0.507 e. The van der Waals surface area contributed by atoms with Crippen molar-refractivity contribution < 1.29 is 5.11 Å². The molecular formula is C36H51NO. The van der Waals surface area contributed by atoms with E-state index in [2.05, 4.69) is 135 Å². The number of benzene rings is 3. The van der Waals surface area contributed by atoms with E-state index in [1.807, 2.05) is 0 Å². The van der Waals surface area contributed by atoms with Crippen LogP contribution in [0, 0.1) is 11.3 Å². The molecule has 3 aromatic carbocycles. The Morgan fingerprint density at radius 1 is 0.658 bits per heavy atom. The molecule has 206 valence electrons. The van der Waals surface area contributed by atoms with E-state index < -0.39 is 0 Å². The summed E-state index contributed by atoms with van der Waals surface area (Å²) in [5.74, 6) is 1.13. The van der Waals surface area contributed by atoms with Crippen molar-refractivity contribution in [3.8, 4) is 5.75 Å². The van der Waals surface area contributed by atoms with Gasteiger partial charge in [0.05, 0.1) is 0 Å². The highest BCUT2D eigenvalue weighted by molar-refractivity contribution is 5.52. The first-order valence-corrected chi connectivity index (χ1v) is 14.3. The van der Waals surface area contributed by atoms with Crippen LogP contribution in [0.15, 0.2) is 60.7 Å². The molecule has 2 heteroatoms. The Labute approximate surface area is 232 Å². The van der Waals surface area contributed by atoms with Crippen molar-refractivity contribution in [2.75, 3.05) is 5.32 Å². The van der Waals surface area contributed by atoms with Gasteiger partial charge in [-0.1, -0.05) is 106 Å². The molecule has 0 aromatic heterocycles. The van der Waals surface area contributed by atoms with E-state index in [1.165, 1.54) is 28.7 Å². The predicted octanol–water partition coefficient (Wildman–Crippen LogP) is 9.80. The van der Waals surface area contributed by atoms with Crippen LogP contribution < -0.4 is 5.32 Å². The SMILES string of the molecule is CC(Cc1ccc(Cc2ccc(NCc3cc(C(C)(C)C)c(O)c(C(C)(C)C)c3)cc2)cc1)CC(C)(C)C. The second kappa shape index (κ2) is 11.6. The first-order chi connectivity index (χ1) is 17.5. The standard InChI is InChI=1S/C36H51NO/c1-25(23-34(2,3)4)19-26-11-13-27(14-12-26)20-28-15-17-30(18-16-28)37-24-29-21-31(35(5,6)7)33(38)32(22-29)36(8,9)10/h11-18,21-22,25,37-38H,19-20,23-24H2,1-10H3. The lowest BCUT2D eigenvalue weighted by Gasteiger charge is -2.28. The van der Waals surface area contributed by atoms with Crippen LogP contribution in [0.4, 0.5) is 5.69 Å². The monoisotopic (exact) mass is 513 g/mol. The molecule has 3 rings (SSSR count). The number of aromatic hydroxyl groups is 1. The quantitative estimate of drug-likeness (QED) is 0.314. The molecule has 0 aliphatic rings. The lowest BCUT2D eigenvalue weighted by Crippen LogP contribution is -2.18. The van der Waals surface area contributed by atoms with Gasteiger partial charge in [0.15, 0.2) is 0 Å². The summed E-state index contributed by atoms with van der Waals surface area (Å²) in [5.41, 5.74) is 8.57. The number of anilines is 1. The summed E-state index contributed by atoms with van der Waals surface area (Å²) in [6, 6.07) is 22.3. The third kappa shape index (κ3) is 8.65. The molecule has 0 saturated carbocycles. The first kappa shape index (κ1) is 29.8. The average Bonchev–Trinajstić information content (AvgIpc) is 2.78. The Morgan fingerprint density at radius 3 is 1.55 bits per heavy atom. The molecule has 0 amide bonds. The van der Waals surface area contributed by atoms with Crippen LogP contribution in [0.5, 0.6) is 5.75 Å². The van der Waals surface area contributed by atoms with Gasteiger partial charge in [0.1, 0.15) is 5.75 Å². The Hall–Kier alpha value is -2.74. The maximum atomic E-state index is 11.0. The highest BCUT2D eigenvalue weighted by Gasteiger charge is 2.26. The van der Waals surface area contributed by atoms with Crippen LogP contribution in [0.1, 0.15) is 109 Å². The van der Waals surface area contributed by atoms with Gasteiger partial charge in [-0.15, -0.1) is 0 Å². The van der Waals surface area contributed by atoms with Gasteiger partial charge in [-0.25, -0.2) is 0 Å². The Bertz CT molecular complexity index is 1150. The molecule has 1 unspecified atom stereocenters. The number of nitrogens with one attached hydrogen (secondary N) is 1. The van der Waals surface area contributed by atoms with Gasteiger partial charge in [0.2, 0.25) is 0 Å². The minimum absolute atomic E-state index is 0.120. The molecule has 0 bridgehead atoms. The van der Waals surface area contributed by atoms with Gasteiger partial charge in [0, 0.05) is 12.2 Å². The summed E-state index contributed by atoms with van der Waals surface area (Å²) >= 11 is 0. The van der Waals surface area contributed by atoms with Crippen LogP contribution in [0.2, 0.25) is 0 Å². The summed E-state index contributed by atoms with van der Waals surface area (Å²) in [6.07, 6.45) is 3.34. The Kier molecular flexibility index (Phi) is 9.07. The third-order valence-electron chi connectivity index (χ3n) is 7.21. The molecule has 0 spiro atoms. The highest BCUT2D eigenvalue weighted by Crippen LogP contribution is 2.40. The van der Waals surface area contributed by atoms with Gasteiger partial charge in [-0.05, 0) is 99.1 Å². The van der Waals surface area contributed by atoms with Crippen molar-refractivity contribution in [2.24, 2.45) is 11.3 Å². The molecule has 0 aliphatic heterocycles. The molecule has 1 atom stereocenters. The number of hydrogen-bond acceptors (Lipinski definition) is 2. The van der Waals surface area contributed by atoms with E-state index in [1.54, 1.807) is 0 Å². The fourth-order valence-corrected chi connectivity index (χ4v) is 5.43. The maximum Gasteiger partial charge on any atom is 0.123 e. The molecule has 38 heavy (non-hydrogen) atoms. The van der Waals surface area contributed by atoms with Crippen molar-refractivity contribution in [1.29, 1.82) is 0 Å². The zero-order valence-electron chi connectivity index (χ0n) is 25.6. The van der Waals surface area contributed by atoms with Gasteiger partial charge < -0.3 is 10.4 Å². The van der Waals surface area contributed by atoms with Crippen molar-refractivity contribution in [3.63, 3.8) is 0 Å². The van der Waals surface area contributed by atoms with Crippen molar-refractivity contribution in [3.05, 3.63) is 94.0 Å². The van der Waals surface area contributed by atoms with E-state index in [4.69, 9.17) is 0 Å². The Balaban J connectivity index is 1.63. The molecular weight excluding hydrogens is 462 g/mol. The number of rotatable bonds is 8. The smallest absolute Gasteiger partial charge is 0.123 e. The van der Waals surface area contributed by atoms with E-state index in [0.717, 1.165) is 36.2 Å². The summed E-state index contributed by atoms with van der Waals surface area (Å²) < 4.78 is 0. The topological polar surface area (TPSA) is 32.3 Å². The summed E-state index contributed by atoms with van der Waals surface area (Å²) in [6.45, 7) is 23.0. The Morgan fingerprint density at radius 2 is 1.11 bits per heavy atom. The van der Waals surface area contributed by atoms with Crippen LogP contribution in [0.25, 0.3) is 0 Å². The molecule has 3 aromatic rings. The van der Waals surface area contributed by atoms with E-state index in [0.29, 0.717) is 17.1 Å². The van der Waals surface area contributed by atoms with Crippen LogP contribution in [-0.2, 0) is 30.2 Å². The molecule has 0 radical (unpaired) electrons. The molecule has 0 aliphatic carbocycles. The summed E-state index contributed by atoms with van der Waals surface area (Å²) in [5, 5.41) is 14.6. The zero-order valence-corrected chi connectivity index (χ0v) is 25.6. The first-order valence-electron chi connectivity index (χ1n) is 14.3. The second-order valence-electron chi connectivity index (χ2n) is 14.7. The van der Waals surface area contributed by atoms with Crippen LogP contribution >= 0.6 is 0 Å². The number of phenolic OH excluding ortho intramolecular Hbond substituents is 1. The lowest BCUT2D eigenvalue weighted by atomic mass is 9.78. The zero-order chi connectivity index (χ0) is 28.3. The van der Waals surface area contributed by atoms with E-state index in [9.17, 15) is 5.11 Å². The third-order valence-corrected chi connectivity index (χ3v) is 7.21. The van der Waals surface area contributed by atoms with Crippen LogP contribution in [-0.4, -0.2) is 5.11 Å².